The second-order valence-electron chi connectivity index (χ2n) is 6.85. The van der Waals surface area contributed by atoms with Crippen molar-refractivity contribution in [2.75, 3.05) is 4.90 Å². The summed E-state index contributed by atoms with van der Waals surface area (Å²) < 4.78 is 0. The van der Waals surface area contributed by atoms with Crippen molar-refractivity contribution in [3.63, 3.8) is 0 Å². The van der Waals surface area contributed by atoms with Gasteiger partial charge in [-0.05, 0) is 67.9 Å². The topological polar surface area (TPSA) is 83.5 Å². The van der Waals surface area contributed by atoms with Crippen molar-refractivity contribution >= 4 is 33.9 Å². The van der Waals surface area contributed by atoms with E-state index in [9.17, 15) is 10.2 Å². The second kappa shape index (κ2) is 6.44. The lowest BCUT2D eigenvalue weighted by atomic mass is 10.0. The van der Waals surface area contributed by atoms with Crippen molar-refractivity contribution in [3.05, 3.63) is 52.7 Å². The third-order valence-corrected chi connectivity index (χ3v) is 5.57. The average molecular weight is 382 g/mol. The van der Waals surface area contributed by atoms with Gasteiger partial charge in [0.1, 0.15) is 17.7 Å². The number of aromatic hydroxyl groups is 2. The fourth-order valence-corrected chi connectivity index (χ4v) is 3.87. The number of thiocarbonyl (C=S) groups is 1. The number of phenolic OH excluding ortho intramolecular Hbond substituents is 2. The zero-order valence-electron chi connectivity index (χ0n) is 15.4. The molecular formula is C20H22N4O2S. The van der Waals surface area contributed by atoms with Gasteiger partial charge in [-0.1, -0.05) is 6.92 Å². The molecule has 5 N–H and O–H groups in total. The van der Waals surface area contributed by atoms with Gasteiger partial charge in [0.15, 0.2) is 5.11 Å². The number of anilines is 1. The van der Waals surface area contributed by atoms with Crippen LogP contribution in [0.1, 0.15) is 35.5 Å². The predicted octanol–water partition coefficient (Wildman–Crippen LogP) is 3.66. The van der Waals surface area contributed by atoms with Gasteiger partial charge in [0.05, 0.1) is 0 Å². The molecule has 1 fully saturated rings. The molecule has 6 nitrogen and oxygen atoms in total. The molecule has 0 aliphatic carbocycles. The number of aromatic nitrogens is 1. The minimum absolute atomic E-state index is 0.0217. The highest BCUT2D eigenvalue weighted by molar-refractivity contribution is 7.80. The number of phenols is 2. The number of hydrogen-bond donors (Lipinski definition) is 5. The Hall–Kier alpha value is -2.77. The number of nitrogens with one attached hydrogen (secondary N) is 3. The van der Waals surface area contributed by atoms with Gasteiger partial charge in [0, 0.05) is 33.9 Å². The summed E-state index contributed by atoms with van der Waals surface area (Å²) >= 11 is 5.50. The maximum atomic E-state index is 10.4. The molecule has 1 aromatic heterocycles. The van der Waals surface area contributed by atoms with Crippen LogP contribution >= 0.6 is 12.2 Å². The number of hydrazine groups is 1. The average Bonchev–Trinajstić information content (AvgIpc) is 3.15. The Morgan fingerprint density at radius 3 is 2.63 bits per heavy atom. The van der Waals surface area contributed by atoms with Crippen molar-refractivity contribution in [2.24, 2.45) is 0 Å². The Kier molecular flexibility index (Phi) is 4.20. The molecule has 1 atom stereocenters. The van der Waals surface area contributed by atoms with Gasteiger partial charge in [-0.25, -0.2) is 5.43 Å². The predicted molar refractivity (Wildman–Crippen MR) is 111 cm³/mol. The molecule has 0 spiro atoms. The molecule has 0 radical (unpaired) electrons. The number of benzene rings is 2. The lowest BCUT2D eigenvalue weighted by molar-refractivity contribution is 0.433. The number of nitrogens with zero attached hydrogens (tertiary/aromatic N) is 1. The van der Waals surface area contributed by atoms with Gasteiger partial charge in [-0.15, -0.1) is 0 Å². The van der Waals surface area contributed by atoms with E-state index in [2.05, 4.69) is 35.7 Å². The highest BCUT2D eigenvalue weighted by atomic mass is 32.1. The van der Waals surface area contributed by atoms with Gasteiger partial charge in [-0.3, -0.25) is 10.3 Å². The molecule has 4 rings (SSSR count). The summed E-state index contributed by atoms with van der Waals surface area (Å²) in [6.07, 6.45) is 0.276. The molecule has 27 heavy (non-hydrogen) atoms. The largest absolute Gasteiger partial charge is 0.508 e. The Labute approximate surface area is 162 Å². The number of aryl methyl sites for hydroxylation is 3. The van der Waals surface area contributed by atoms with E-state index in [-0.39, 0.29) is 17.7 Å². The molecule has 7 heteroatoms. The van der Waals surface area contributed by atoms with E-state index >= 15 is 0 Å². The van der Waals surface area contributed by atoms with Crippen molar-refractivity contribution < 1.29 is 10.2 Å². The van der Waals surface area contributed by atoms with E-state index in [0.29, 0.717) is 17.1 Å². The van der Waals surface area contributed by atoms with Crippen molar-refractivity contribution in [3.8, 4) is 11.5 Å². The molecule has 1 saturated heterocycles. The smallest absolute Gasteiger partial charge is 0.189 e. The summed E-state index contributed by atoms with van der Waals surface area (Å²) in [6.45, 7) is 6.11. The minimum Gasteiger partial charge on any atom is -0.508 e. The summed E-state index contributed by atoms with van der Waals surface area (Å²) in [4.78, 5) is 5.31. The molecule has 140 valence electrons. The molecule has 0 saturated carbocycles. The number of fused-ring (bicyclic) bond motifs is 1. The molecule has 2 aromatic carbocycles. The van der Waals surface area contributed by atoms with Gasteiger partial charge >= 0.3 is 0 Å². The van der Waals surface area contributed by atoms with E-state index < -0.39 is 0 Å². The van der Waals surface area contributed by atoms with E-state index in [0.717, 1.165) is 27.8 Å². The van der Waals surface area contributed by atoms with E-state index in [1.165, 1.54) is 11.6 Å². The SMILES string of the molecule is CCc1cc(C2NNC(=S)N2c2ccc3[nH]c(C)c(C)c3c2)c(O)cc1O. The lowest BCUT2D eigenvalue weighted by Crippen LogP contribution is -2.29. The van der Waals surface area contributed by atoms with Gasteiger partial charge < -0.3 is 15.2 Å². The van der Waals surface area contributed by atoms with Crippen LogP contribution in [0.25, 0.3) is 10.9 Å². The summed E-state index contributed by atoms with van der Waals surface area (Å²) in [5.41, 5.74) is 11.9. The van der Waals surface area contributed by atoms with E-state index in [4.69, 9.17) is 12.2 Å². The van der Waals surface area contributed by atoms with Gasteiger partial charge in [0.25, 0.3) is 0 Å². The molecular weight excluding hydrogens is 360 g/mol. The highest BCUT2D eigenvalue weighted by Gasteiger charge is 2.33. The number of aromatic amines is 1. The van der Waals surface area contributed by atoms with Crippen LogP contribution in [0.4, 0.5) is 5.69 Å². The van der Waals surface area contributed by atoms with Gasteiger partial charge in [0.2, 0.25) is 0 Å². The number of rotatable bonds is 3. The molecule has 0 bridgehead atoms. The second-order valence-corrected chi connectivity index (χ2v) is 7.23. The quantitative estimate of drug-likeness (QED) is 0.445. The summed E-state index contributed by atoms with van der Waals surface area (Å²) in [7, 11) is 0. The molecule has 3 aromatic rings. The summed E-state index contributed by atoms with van der Waals surface area (Å²) in [5, 5.41) is 22.1. The molecule has 2 heterocycles. The van der Waals surface area contributed by atoms with Crippen molar-refractivity contribution in [1.82, 2.24) is 15.8 Å². The fraction of sp³-hybridized carbons (Fsp3) is 0.250. The molecule has 0 amide bonds. The summed E-state index contributed by atoms with van der Waals surface area (Å²) in [5.74, 6) is 0.118. The Morgan fingerprint density at radius 2 is 1.89 bits per heavy atom. The van der Waals surface area contributed by atoms with Crippen LogP contribution in [-0.2, 0) is 6.42 Å². The maximum absolute atomic E-state index is 10.4. The summed E-state index contributed by atoms with van der Waals surface area (Å²) in [6, 6.07) is 9.34. The van der Waals surface area contributed by atoms with Crippen LogP contribution in [0.15, 0.2) is 30.3 Å². The Bertz CT molecular complexity index is 1060. The third-order valence-electron chi connectivity index (χ3n) is 5.27. The Balaban J connectivity index is 1.82. The van der Waals surface area contributed by atoms with Crippen LogP contribution in [0.3, 0.4) is 0 Å². The van der Waals surface area contributed by atoms with E-state index in [1.54, 1.807) is 0 Å². The van der Waals surface area contributed by atoms with Crippen molar-refractivity contribution in [2.45, 2.75) is 33.4 Å². The highest BCUT2D eigenvalue weighted by Crippen LogP contribution is 2.37. The Morgan fingerprint density at radius 1 is 1.11 bits per heavy atom. The lowest BCUT2D eigenvalue weighted by Gasteiger charge is -2.25. The van der Waals surface area contributed by atoms with Crippen LogP contribution < -0.4 is 15.8 Å². The fourth-order valence-electron chi connectivity index (χ4n) is 3.60. The standard InChI is InChI=1S/C20H22N4O2S/c1-4-12-7-15(18(26)9-17(12)25)19-22-23-20(27)24(19)13-5-6-16-14(8-13)10(2)11(3)21-16/h5-9,19,21-22,25-26H,4H2,1-3H3,(H,23,27). The third kappa shape index (κ3) is 2.79. The molecule has 1 aliphatic rings. The molecule has 1 aliphatic heterocycles. The molecule has 1 unspecified atom stereocenters. The van der Waals surface area contributed by atoms with Crippen molar-refractivity contribution in [1.29, 1.82) is 0 Å². The first-order valence-electron chi connectivity index (χ1n) is 8.89. The number of H-pyrrole nitrogens is 1. The number of hydrogen-bond acceptors (Lipinski definition) is 4. The monoisotopic (exact) mass is 382 g/mol. The normalized spacial score (nSPS) is 16.9. The van der Waals surface area contributed by atoms with E-state index in [1.807, 2.05) is 30.0 Å². The zero-order valence-corrected chi connectivity index (χ0v) is 16.2. The first-order valence-corrected chi connectivity index (χ1v) is 9.30. The van der Waals surface area contributed by atoms with Crippen LogP contribution in [0.5, 0.6) is 11.5 Å². The first-order chi connectivity index (χ1) is 12.9. The maximum Gasteiger partial charge on any atom is 0.189 e. The minimum atomic E-state index is -0.388. The van der Waals surface area contributed by atoms with Gasteiger partial charge in [-0.2, -0.15) is 0 Å². The van der Waals surface area contributed by atoms with Crippen LogP contribution in [0, 0.1) is 13.8 Å². The van der Waals surface area contributed by atoms with Crippen LogP contribution in [0.2, 0.25) is 0 Å². The first kappa shape index (κ1) is 17.6. The van der Waals surface area contributed by atoms with Crippen LogP contribution in [-0.4, -0.2) is 20.3 Å². The zero-order chi connectivity index (χ0) is 19.3.